The highest BCUT2D eigenvalue weighted by atomic mass is 79.9. The quantitative estimate of drug-likeness (QED) is 0.789. The molecule has 1 aliphatic heterocycles. The van der Waals surface area contributed by atoms with Crippen molar-refractivity contribution >= 4 is 38.9 Å². The molecule has 1 N–H and O–H groups in total. The zero-order chi connectivity index (χ0) is 14.7. The topological polar surface area (TPSA) is 15.3 Å². The van der Waals surface area contributed by atoms with Crippen LogP contribution in [0.2, 0.25) is 5.02 Å². The van der Waals surface area contributed by atoms with Gasteiger partial charge in [-0.3, -0.25) is 0 Å². The molecule has 0 bridgehead atoms. The van der Waals surface area contributed by atoms with Crippen molar-refractivity contribution in [1.29, 1.82) is 0 Å². The van der Waals surface area contributed by atoms with E-state index < -0.39 is 0 Å². The maximum absolute atomic E-state index is 6.14. The van der Waals surface area contributed by atoms with Crippen LogP contribution in [0.25, 0.3) is 0 Å². The van der Waals surface area contributed by atoms with E-state index in [1.165, 1.54) is 24.1 Å². The van der Waals surface area contributed by atoms with E-state index in [1.807, 2.05) is 18.2 Å². The molecular formula is C17H18BrClN2. The molecule has 2 aromatic rings. The fourth-order valence-corrected chi connectivity index (χ4v) is 3.34. The molecule has 110 valence electrons. The Bertz CT molecular complexity index is 624. The second-order valence-corrected chi connectivity index (χ2v) is 6.48. The molecule has 2 nitrogen and oxygen atoms in total. The minimum atomic E-state index is 0.729. The maximum Gasteiger partial charge on any atom is 0.0593 e. The van der Waals surface area contributed by atoms with E-state index in [9.17, 15) is 0 Å². The molecule has 4 heteroatoms. The highest BCUT2D eigenvalue weighted by Crippen LogP contribution is 2.31. The van der Waals surface area contributed by atoms with E-state index in [0.717, 1.165) is 34.8 Å². The smallest absolute Gasteiger partial charge is 0.0593 e. The van der Waals surface area contributed by atoms with Crippen molar-refractivity contribution in [1.82, 2.24) is 0 Å². The van der Waals surface area contributed by atoms with Gasteiger partial charge in [0.05, 0.1) is 15.2 Å². The summed E-state index contributed by atoms with van der Waals surface area (Å²) in [7, 11) is 0. The van der Waals surface area contributed by atoms with Crippen LogP contribution in [0.3, 0.4) is 0 Å². The molecule has 0 aliphatic carbocycles. The minimum Gasteiger partial charge on any atom is -0.380 e. The summed E-state index contributed by atoms with van der Waals surface area (Å²) in [5.74, 6) is 0. The van der Waals surface area contributed by atoms with E-state index >= 15 is 0 Å². The van der Waals surface area contributed by atoms with Gasteiger partial charge < -0.3 is 10.2 Å². The molecule has 0 saturated carbocycles. The summed E-state index contributed by atoms with van der Waals surface area (Å²) >= 11 is 9.67. The van der Waals surface area contributed by atoms with Crippen molar-refractivity contribution < 1.29 is 0 Å². The SMILES string of the molecule is Clc1cccc(NCc2ccccc2N2CCCC2)c1Br. The molecular weight excluding hydrogens is 348 g/mol. The van der Waals surface area contributed by atoms with E-state index in [4.69, 9.17) is 11.6 Å². The molecule has 0 spiro atoms. The van der Waals surface area contributed by atoms with Gasteiger partial charge in [-0.25, -0.2) is 0 Å². The van der Waals surface area contributed by atoms with E-state index in [1.54, 1.807) is 0 Å². The summed E-state index contributed by atoms with van der Waals surface area (Å²) in [4.78, 5) is 2.48. The number of benzene rings is 2. The molecule has 21 heavy (non-hydrogen) atoms. The van der Waals surface area contributed by atoms with Crippen LogP contribution in [0.15, 0.2) is 46.9 Å². The third kappa shape index (κ3) is 3.35. The summed E-state index contributed by atoms with van der Waals surface area (Å²) in [5, 5.41) is 4.21. The third-order valence-electron chi connectivity index (χ3n) is 3.86. The summed E-state index contributed by atoms with van der Waals surface area (Å²) in [6.07, 6.45) is 2.59. The Hall–Kier alpha value is -1.19. The second kappa shape index (κ2) is 6.71. The van der Waals surface area contributed by atoms with Crippen LogP contribution in [0.5, 0.6) is 0 Å². The van der Waals surface area contributed by atoms with Gasteiger partial charge in [-0.05, 0) is 52.5 Å². The normalized spacial score (nSPS) is 14.5. The van der Waals surface area contributed by atoms with Gasteiger partial charge >= 0.3 is 0 Å². The number of para-hydroxylation sites is 1. The van der Waals surface area contributed by atoms with Gasteiger partial charge in [0.25, 0.3) is 0 Å². The Labute approximate surface area is 139 Å². The zero-order valence-corrected chi connectivity index (χ0v) is 14.1. The van der Waals surface area contributed by atoms with Crippen molar-refractivity contribution in [2.24, 2.45) is 0 Å². The van der Waals surface area contributed by atoms with Crippen LogP contribution in [0.4, 0.5) is 11.4 Å². The largest absolute Gasteiger partial charge is 0.380 e. The lowest BCUT2D eigenvalue weighted by atomic mass is 10.1. The van der Waals surface area contributed by atoms with Gasteiger partial charge in [0.2, 0.25) is 0 Å². The molecule has 1 heterocycles. The number of nitrogens with one attached hydrogen (secondary N) is 1. The summed E-state index contributed by atoms with van der Waals surface area (Å²) in [6.45, 7) is 3.13. The lowest BCUT2D eigenvalue weighted by molar-refractivity contribution is 0.949. The Morgan fingerprint density at radius 3 is 2.62 bits per heavy atom. The molecule has 0 aromatic heterocycles. The van der Waals surface area contributed by atoms with Crippen molar-refractivity contribution in [2.75, 3.05) is 23.3 Å². The molecule has 1 saturated heterocycles. The predicted octanol–water partition coefficient (Wildman–Crippen LogP) is 5.31. The Morgan fingerprint density at radius 2 is 1.81 bits per heavy atom. The van der Waals surface area contributed by atoms with Crippen LogP contribution >= 0.6 is 27.5 Å². The Balaban J connectivity index is 1.77. The fourth-order valence-electron chi connectivity index (χ4n) is 2.76. The molecule has 1 fully saturated rings. The zero-order valence-electron chi connectivity index (χ0n) is 11.8. The highest BCUT2D eigenvalue weighted by Gasteiger charge is 2.15. The number of nitrogens with zero attached hydrogens (tertiary/aromatic N) is 1. The molecule has 1 aliphatic rings. The lowest BCUT2D eigenvalue weighted by Gasteiger charge is -2.22. The van der Waals surface area contributed by atoms with Gasteiger partial charge in [0, 0.05) is 25.3 Å². The van der Waals surface area contributed by atoms with Crippen LogP contribution < -0.4 is 10.2 Å². The van der Waals surface area contributed by atoms with Crippen molar-refractivity contribution in [2.45, 2.75) is 19.4 Å². The monoisotopic (exact) mass is 364 g/mol. The first-order valence-corrected chi connectivity index (χ1v) is 8.43. The number of halogens is 2. The van der Waals surface area contributed by atoms with Crippen LogP contribution in [0, 0.1) is 0 Å². The molecule has 0 amide bonds. The minimum absolute atomic E-state index is 0.729. The van der Waals surface area contributed by atoms with Crippen LogP contribution in [-0.4, -0.2) is 13.1 Å². The first kappa shape index (κ1) is 14.7. The van der Waals surface area contributed by atoms with Crippen molar-refractivity contribution in [3.8, 4) is 0 Å². The molecule has 3 rings (SSSR count). The van der Waals surface area contributed by atoms with Crippen LogP contribution in [-0.2, 0) is 6.54 Å². The fraction of sp³-hybridized carbons (Fsp3) is 0.294. The maximum atomic E-state index is 6.14. The van der Waals surface area contributed by atoms with E-state index in [2.05, 4.69) is 50.4 Å². The van der Waals surface area contributed by atoms with Gasteiger partial charge in [-0.1, -0.05) is 35.9 Å². The van der Waals surface area contributed by atoms with Gasteiger partial charge in [-0.15, -0.1) is 0 Å². The number of rotatable bonds is 4. The summed E-state index contributed by atoms with van der Waals surface area (Å²) in [6, 6.07) is 14.5. The number of hydrogen-bond acceptors (Lipinski definition) is 2. The second-order valence-electron chi connectivity index (χ2n) is 5.28. The molecule has 0 unspecified atom stereocenters. The molecule has 0 radical (unpaired) electrons. The van der Waals surface area contributed by atoms with Gasteiger partial charge in [0.1, 0.15) is 0 Å². The van der Waals surface area contributed by atoms with Gasteiger partial charge in [0.15, 0.2) is 0 Å². The number of hydrogen-bond donors (Lipinski definition) is 1. The first-order chi connectivity index (χ1) is 10.3. The predicted molar refractivity (Wildman–Crippen MR) is 94.4 cm³/mol. The van der Waals surface area contributed by atoms with Crippen LogP contribution in [0.1, 0.15) is 18.4 Å². The first-order valence-electron chi connectivity index (χ1n) is 7.26. The molecule has 2 aromatic carbocycles. The van der Waals surface area contributed by atoms with E-state index in [-0.39, 0.29) is 0 Å². The van der Waals surface area contributed by atoms with Crippen molar-refractivity contribution in [3.63, 3.8) is 0 Å². The van der Waals surface area contributed by atoms with Gasteiger partial charge in [-0.2, -0.15) is 0 Å². The highest BCUT2D eigenvalue weighted by molar-refractivity contribution is 9.10. The molecule has 0 atom stereocenters. The third-order valence-corrected chi connectivity index (χ3v) is 5.26. The lowest BCUT2D eigenvalue weighted by Crippen LogP contribution is -2.19. The average molecular weight is 366 g/mol. The Morgan fingerprint density at radius 1 is 1.05 bits per heavy atom. The number of anilines is 2. The summed E-state index contributed by atoms with van der Waals surface area (Å²) in [5.41, 5.74) is 3.70. The Kier molecular flexibility index (Phi) is 4.71. The average Bonchev–Trinajstić information content (AvgIpc) is 3.03. The van der Waals surface area contributed by atoms with Crippen molar-refractivity contribution in [3.05, 3.63) is 57.5 Å². The van der Waals surface area contributed by atoms with E-state index in [0.29, 0.717) is 0 Å². The summed E-state index contributed by atoms with van der Waals surface area (Å²) < 4.78 is 0.922. The standard InChI is InChI=1S/C17H18BrClN2/c18-17-14(19)7-5-8-15(17)20-12-13-6-1-2-9-16(13)21-10-3-4-11-21/h1-2,5-9,20H,3-4,10-12H2.